The molecular weight excluding hydrogens is 392 g/mol. The van der Waals surface area contributed by atoms with Crippen LogP contribution in [0.5, 0.6) is 11.5 Å². The number of oxazole rings is 1. The number of amides is 1. The van der Waals surface area contributed by atoms with E-state index in [4.69, 9.17) is 25.5 Å². The summed E-state index contributed by atoms with van der Waals surface area (Å²) in [4.78, 5) is 17.4. The molecule has 29 heavy (non-hydrogen) atoms. The third-order valence-corrected chi connectivity index (χ3v) is 4.63. The lowest BCUT2D eigenvalue weighted by atomic mass is 10.1. The molecule has 7 heteroatoms. The number of ether oxygens (including phenoxy) is 2. The highest BCUT2D eigenvalue weighted by atomic mass is 35.5. The van der Waals surface area contributed by atoms with Crippen LogP contribution in [0.25, 0.3) is 22.6 Å². The van der Waals surface area contributed by atoms with Crippen LogP contribution in [-0.4, -0.2) is 25.1 Å². The number of benzene rings is 3. The molecule has 3 aromatic carbocycles. The maximum atomic E-state index is 12.9. The molecule has 1 amide bonds. The third-order valence-electron chi connectivity index (χ3n) is 4.39. The van der Waals surface area contributed by atoms with E-state index in [-0.39, 0.29) is 5.91 Å². The Balaban J connectivity index is 1.70. The Kier molecular flexibility index (Phi) is 5.10. The number of nitrogens with zero attached hydrogens (tertiary/aromatic N) is 1. The summed E-state index contributed by atoms with van der Waals surface area (Å²) in [6, 6.07) is 17.7. The van der Waals surface area contributed by atoms with Crippen LogP contribution in [0.4, 0.5) is 5.69 Å². The number of anilines is 1. The number of halogens is 1. The number of fused-ring (bicyclic) bond motifs is 1. The zero-order valence-corrected chi connectivity index (χ0v) is 16.5. The van der Waals surface area contributed by atoms with E-state index in [1.807, 2.05) is 30.3 Å². The third kappa shape index (κ3) is 3.75. The number of hydrogen-bond acceptors (Lipinski definition) is 5. The van der Waals surface area contributed by atoms with Crippen LogP contribution in [-0.2, 0) is 0 Å². The normalized spacial score (nSPS) is 10.7. The van der Waals surface area contributed by atoms with Crippen LogP contribution in [0.1, 0.15) is 10.4 Å². The summed E-state index contributed by atoms with van der Waals surface area (Å²) >= 11 is 6.04. The SMILES string of the molecule is COc1ccc(-c2nc3ccccc3o2)cc1NC(=O)c1cc(Cl)ccc1OC. The van der Waals surface area contributed by atoms with Crippen molar-refractivity contribution in [3.05, 3.63) is 71.2 Å². The molecule has 1 N–H and O–H groups in total. The molecule has 4 aromatic rings. The van der Waals surface area contributed by atoms with Crippen LogP contribution in [0.2, 0.25) is 5.02 Å². The highest BCUT2D eigenvalue weighted by molar-refractivity contribution is 6.31. The molecule has 6 nitrogen and oxygen atoms in total. The summed E-state index contributed by atoms with van der Waals surface area (Å²) in [5.41, 5.74) is 2.93. The molecule has 0 saturated heterocycles. The smallest absolute Gasteiger partial charge is 0.259 e. The first-order valence-corrected chi connectivity index (χ1v) is 9.15. The first-order chi connectivity index (χ1) is 14.1. The molecule has 0 aliphatic rings. The standard InChI is InChI=1S/C22H17ClN2O4/c1-27-18-10-8-14(23)12-15(18)21(26)24-17-11-13(7-9-19(17)28-2)22-25-16-5-3-4-6-20(16)29-22/h3-12H,1-2H3,(H,24,26). The van der Waals surface area contributed by atoms with Crippen molar-refractivity contribution in [2.75, 3.05) is 19.5 Å². The number of para-hydroxylation sites is 2. The fraction of sp³-hybridized carbons (Fsp3) is 0.0909. The molecule has 0 atom stereocenters. The highest BCUT2D eigenvalue weighted by Crippen LogP contribution is 2.33. The quantitative estimate of drug-likeness (QED) is 0.477. The molecule has 0 aliphatic carbocycles. The van der Waals surface area contributed by atoms with Crippen molar-refractivity contribution in [2.45, 2.75) is 0 Å². The van der Waals surface area contributed by atoms with Gasteiger partial charge in [-0.2, -0.15) is 0 Å². The average Bonchev–Trinajstić information content (AvgIpc) is 3.18. The molecule has 0 bridgehead atoms. The Morgan fingerprint density at radius 1 is 1.00 bits per heavy atom. The van der Waals surface area contributed by atoms with Crippen LogP contribution in [0, 0.1) is 0 Å². The maximum Gasteiger partial charge on any atom is 0.259 e. The Morgan fingerprint density at radius 3 is 2.52 bits per heavy atom. The van der Waals surface area contributed by atoms with Gasteiger partial charge in [0.15, 0.2) is 5.58 Å². The minimum absolute atomic E-state index is 0.314. The number of aromatic nitrogens is 1. The van der Waals surface area contributed by atoms with Gasteiger partial charge in [-0.1, -0.05) is 23.7 Å². The molecule has 4 rings (SSSR count). The number of hydrogen-bond donors (Lipinski definition) is 1. The van der Waals surface area contributed by atoms with E-state index in [0.717, 1.165) is 5.52 Å². The van der Waals surface area contributed by atoms with E-state index in [0.29, 0.717) is 44.8 Å². The Bertz CT molecular complexity index is 1170. The van der Waals surface area contributed by atoms with Crippen molar-refractivity contribution < 1.29 is 18.7 Å². The van der Waals surface area contributed by atoms with Gasteiger partial charge in [0.2, 0.25) is 5.89 Å². The summed E-state index contributed by atoms with van der Waals surface area (Å²) < 4.78 is 16.5. The van der Waals surface area contributed by atoms with E-state index in [1.165, 1.54) is 14.2 Å². The fourth-order valence-corrected chi connectivity index (χ4v) is 3.15. The molecule has 1 heterocycles. The molecule has 0 spiro atoms. The monoisotopic (exact) mass is 408 g/mol. The average molecular weight is 409 g/mol. The predicted octanol–water partition coefficient (Wildman–Crippen LogP) is 5.42. The maximum absolute atomic E-state index is 12.9. The summed E-state index contributed by atoms with van der Waals surface area (Å²) in [5.74, 6) is 0.988. The predicted molar refractivity (Wildman–Crippen MR) is 112 cm³/mol. The number of carbonyl (C=O) groups is 1. The molecule has 0 aliphatic heterocycles. The van der Waals surface area contributed by atoms with Crippen molar-refractivity contribution in [1.29, 1.82) is 0 Å². The highest BCUT2D eigenvalue weighted by Gasteiger charge is 2.17. The van der Waals surface area contributed by atoms with Crippen molar-refractivity contribution >= 4 is 34.3 Å². The summed E-state index contributed by atoms with van der Waals surface area (Å²) in [7, 11) is 3.03. The Morgan fingerprint density at radius 2 is 1.76 bits per heavy atom. The molecule has 146 valence electrons. The van der Waals surface area contributed by atoms with Gasteiger partial charge < -0.3 is 19.2 Å². The Hall–Kier alpha value is -3.51. The number of rotatable bonds is 5. The minimum atomic E-state index is -0.377. The van der Waals surface area contributed by atoms with Gasteiger partial charge in [0.1, 0.15) is 17.0 Å². The van der Waals surface area contributed by atoms with E-state index in [2.05, 4.69) is 10.3 Å². The summed E-state index contributed by atoms with van der Waals surface area (Å²) in [6.07, 6.45) is 0. The van der Waals surface area contributed by atoms with Crippen LogP contribution in [0.3, 0.4) is 0 Å². The molecule has 0 fully saturated rings. The zero-order chi connectivity index (χ0) is 20.4. The number of carbonyl (C=O) groups excluding carboxylic acids is 1. The van der Waals surface area contributed by atoms with Crippen molar-refractivity contribution in [1.82, 2.24) is 4.98 Å². The van der Waals surface area contributed by atoms with Gasteiger partial charge in [-0.05, 0) is 48.5 Å². The van der Waals surface area contributed by atoms with Gasteiger partial charge >= 0.3 is 0 Å². The fourth-order valence-electron chi connectivity index (χ4n) is 2.98. The summed E-state index contributed by atoms with van der Waals surface area (Å²) in [6.45, 7) is 0. The lowest BCUT2D eigenvalue weighted by Crippen LogP contribution is -2.14. The molecular formula is C22H17ClN2O4. The first-order valence-electron chi connectivity index (χ1n) is 8.78. The van der Waals surface area contributed by atoms with Crippen molar-refractivity contribution in [2.24, 2.45) is 0 Å². The molecule has 0 unspecified atom stereocenters. The second kappa shape index (κ2) is 7.85. The minimum Gasteiger partial charge on any atom is -0.496 e. The first kappa shape index (κ1) is 18.8. The van der Waals surface area contributed by atoms with Gasteiger partial charge in [-0.15, -0.1) is 0 Å². The van der Waals surface area contributed by atoms with Gasteiger partial charge in [0.25, 0.3) is 5.91 Å². The van der Waals surface area contributed by atoms with E-state index < -0.39 is 0 Å². The van der Waals surface area contributed by atoms with Crippen molar-refractivity contribution in [3.8, 4) is 23.0 Å². The topological polar surface area (TPSA) is 73.6 Å². The Labute approximate surface area is 172 Å². The second-order valence-corrected chi connectivity index (χ2v) is 6.64. The lowest BCUT2D eigenvalue weighted by Gasteiger charge is -2.13. The van der Waals surface area contributed by atoms with E-state index in [9.17, 15) is 4.79 Å². The van der Waals surface area contributed by atoms with Crippen LogP contribution < -0.4 is 14.8 Å². The van der Waals surface area contributed by atoms with Gasteiger partial charge in [-0.3, -0.25) is 4.79 Å². The lowest BCUT2D eigenvalue weighted by molar-refractivity contribution is 0.102. The van der Waals surface area contributed by atoms with Crippen LogP contribution >= 0.6 is 11.6 Å². The number of nitrogens with one attached hydrogen (secondary N) is 1. The largest absolute Gasteiger partial charge is 0.496 e. The number of methoxy groups -OCH3 is 2. The van der Waals surface area contributed by atoms with Crippen LogP contribution in [0.15, 0.2) is 65.1 Å². The van der Waals surface area contributed by atoms with Gasteiger partial charge in [-0.25, -0.2) is 4.98 Å². The molecule has 0 saturated carbocycles. The van der Waals surface area contributed by atoms with E-state index in [1.54, 1.807) is 30.3 Å². The van der Waals surface area contributed by atoms with E-state index >= 15 is 0 Å². The van der Waals surface area contributed by atoms with Gasteiger partial charge in [0, 0.05) is 10.6 Å². The summed E-state index contributed by atoms with van der Waals surface area (Å²) in [5, 5.41) is 3.29. The zero-order valence-electron chi connectivity index (χ0n) is 15.7. The molecule has 0 radical (unpaired) electrons. The molecule has 1 aromatic heterocycles. The van der Waals surface area contributed by atoms with Gasteiger partial charge in [0.05, 0.1) is 25.5 Å². The second-order valence-electron chi connectivity index (χ2n) is 6.20. The van der Waals surface area contributed by atoms with Crippen molar-refractivity contribution in [3.63, 3.8) is 0 Å².